The minimum Gasteiger partial charge on any atom is -0.332 e. The summed E-state index contributed by atoms with van der Waals surface area (Å²) in [5.74, 6) is 0.505. The maximum atomic E-state index is 6.28. The van der Waals surface area contributed by atoms with E-state index in [1.54, 1.807) is 0 Å². The number of hydrogen-bond acceptors (Lipinski definition) is 2. The molecule has 1 N–H and O–H groups in total. The van der Waals surface area contributed by atoms with Crippen molar-refractivity contribution in [2.24, 2.45) is 0 Å². The molecule has 5 heteroatoms. The first-order valence-corrected chi connectivity index (χ1v) is 9.88. The van der Waals surface area contributed by atoms with Crippen molar-refractivity contribution < 1.29 is 0 Å². The van der Waals surface area contributed by atoms with Gasteiger partial charge in [-0.15, -0.1) is 0 Å². The molecule has 3 nitrogen and oxygen atoms in total. The van der Waals surface area contributed by atoms with E-state index in [9.17, 15) is 0 Å². The number of rotatable bonds is 1. The highest BCUT2D eigenvalue weighted by molar-refractivity contribution is 7.80. The summed E-state index contributed by atoms with van der Waals surface area (Å²) in [5.41, 5.74) is 5.99. The number of nitrogens with one attached hydrogen (secondary N) is 1. The zero-order chi connectivity index (χ0) is 18.4. The standard InChI is InChI=1S/C21H24ClN3S/c1-13-4-7-19-16(10-13)17-12-24(3)9-8-20(17)25(19)21(26)23-15-6-5-14(2)18(22)11-15/h4-7,10-11,17,20H,8-9,12H2,1-3H3,(H,23,26). The normalized spacial score (nSPS) is 22.1. The molecule has 2 aliphatic rings. The quantitative estimate of drug-likeness (QED) is 0.699. The van der Waals surface area contributed by atoms with Crippen LogP contribution in [0.4, 0.5) is 11.4 Å². The second-order valence-electron chi connectivity index (χ2n) is 7.55. The Kier molecular flexibility index (Phi) is 4.68. The van der Waals surface area contributed by atoms with Crippen molar-refractivity contribution in [2.45, 2.75) is 32.2 Å². The van der Waals surface area contributed by atoms with Crippen LogP contribution in [0, 0.1) is 13.8 Å². The minimum atomic E-state index is 0.420. The van der Waals surface area contributed by atoms with Gasteiger partial charge in [0.2, 0.25) is 0 Å². The number of benzene rings is 2. The third-order valence-corrected chi connectivity index (χ3v) is 6.30. The Morgan fingerprint density at radius 1 is 1.19 bits per heavy atom. The fraction of sp³-hybridized carbons (Fsp3) is 0.381. The summed E-state index contributed by atoms with van der Waals surface area (Å²) in [7, 11) is 2.21. The lowest BCUT2D eigenvalue weighted by molar-refractivity contribution is 0.237. The van der Waals surface area contributed by atoms with E-state index in [2.05, 4.69) is 47.3 Å². The average molecular weight is 386 g/mol. The maximum Gasteiger partial charge on any atom is 0.178 e. The second kappa shape index (κ2) is 6.84. The smallest absolute Gasteiger partial charge is 0.178 e. The van der Waals surface area contributed by atoms with Crippen LogP contribution in [0.2, 0.25) is 5.02 Å². The summed E-state index contributed by atoms with van der Waals surface area (Å²) in [6, 6.07) is 13.2. The van der Waals surface area contributed by atoms with Gasteiger partial charge in [0, 0.05) is 34.9 Å². The molecule has 4 rings (SSSR count). The molecule has 2 atom stereocenters. The molecule has 2 aliphatic heterocycles. The van der Waals surface area contributed by atoms with Crippen molar-refractivity contribution in [1.82, 2.24) is 4.90 Å². The van der Waals surface area contributed by atoms with Crippen molar-refractivity contribution >= 4 is 40.3 Å². The number of likely N-dealkylation sites (N-methyl/N-ethyl adjacent to an activating group) is 1. The predicted molar refractivity (Wildman–Crippen MR) is 115 cm³/mol. The highest BCUT2D eigenvalue weighted by Crippen LogP contribution is 2.45. The molecule has 2 heterocycles. The van der Waals surface area contributed by atoms with Gasteiger partial charge < -0.3 is 15.1 Å². The Morgan fingerprint density at radius 3 is 2.77 bits per heavy atom. The third kappa shape index (κ3) is 3.11. The van der Waals surface area contributed by atoms with E-state index in [0.29, 0.717) is 12.0 Å². The van der Waals surface area contributed by atoms with E-state index < -0.39 is 0 Å². The molecule has 1 fully saturated rings. The van der Waals surface area contributed by atoms with Crippen LogP contribution in [0.1, 0.15) is 29.0 Å². The third-order valence-electron chi connectivity index (χ3n) is 5.60. The first kappa shape index (κ1) is 17.8. The number of hydrogen-bond donors (Lipinski definition) is 1. The lowest BCUT2D eigenvalue weighted by atomic mass is 9.89. The lowest BCUT2D eigenvalue weighted by Crippen LogP contribution is -2.48. The molecule has 26 heavy (non-hydrogen) atoms. The van der Waals surface area contributed by atoms with Crippen molar-refractivity contribution in [3.63, 3.8) is 0 Å². The van der Waals surface area contributed by atoms with Crippen LogP contribution in [0.25, 0.3) is 0 Å². The predicted octanol–water partition coefficient (Wildman–Crippen LogP) is 4.96. The fourth-order valence-corrected chi connectivity index (χ4v) is 4.73. The van der Waals surface area contributed by atoms with E-state index in [4.69, 9.17) is 23.8 Å². The molecule has 0 aromatic heterocycles. The van der Waals surface area contributed by atoms with Gasteiger partial charge in [-0.1, -0.05) is 35.4 Å². The highest BCUT2D eigenvalue weighted by Gasteiger charge is 2.42. The van der Waals surface area contributed by atoms with Crippen LogP contribution in [0.5, 0.6) is 0 Å². The second-order valence-corrected chi connectivity index (χ2v) is 8.35. The van der Waals surface area contributed by atoms with Crippen molar-refractivity contribution in [3.8, 4) is 0 Å². The van der Waals surface area contributed by atoms with Crippen LogP contribution in [-0.2, 0) is 0 Å². The number of nitrogens with zero attached hydrogens (tertiary/aromatic N) is 2. The molecule has 0 spiro atoms. The van der Waals surface area contributed by atoms with E-state index in [0.717, 1.165) is 40.9 Å². The number of fused-ring (bicyclic) bond motifs is 3. The number of thiocarbonyl (C=S) groups is 1. The van der Waals surface area contributed by atoms with Gasteiger partial charge >= 0.3 is 0 Å². The minimum absolute atomic E-state index is 0.420. The molecule has 1 saturated heterocycles. The van der Waals surface area contributed by atoms with Crippen LogP contribution in [0.15, 0.2) is 36.4 Å². The number of likely N-dealkylation sites (tertiary alicyclic amines) is 1. The monoisotopic (exact) mass is 385 g/mol. The van der Waals surface area contributed by atoms with Gasteiger partial charge in [-0.25, -0.2) is 0 Å². The van der Waals surface area contributed by atoms with Crippen LogP contribution in [0.3, 0.4) is 0 Å². The molecule has 0 bridgehead atoms. The van der Waals surface area contributed by atoms with Crippen molar-refractivity contribution in [3.05, 3.63) is 58.1 Å². The molecule has 0 saturated carbocycles. The van der Waals surface area contributed by atoms with Gasteiger partial charge in [-0.3, -0.25) is 0 Å². The van der Waals surface area contributed by atoms with E-state index in [1.807, 2.05) is 25.1 Å². The van der Waals surface area contributed by atoms with Crippen LogP contribution < -0.4 is 10.2 Å². The van der Waals surface area contributed by atoms with Crippen molar-refractivity contribution in [2.75, 3.05) is 30.4 Å². The lowest BCUT2D eigenvalue weighted by Gasteiger charge is -2.37. The van der Waals surface area contributed by atoms with Gasteiger partial charge in [-0.2, -0.15) is 0 Å². The van der Waals surface area contributed by atoms with E-state index in [1.165, 1.54) is 16.8 Å². The summed E-state index contributed by atoms with van der Waals surface area (Å²) >= 11 is 12.1. The Balaban J connectivity index is 1.66. The van der Waals surface area contributed by atoms with Crippen LogP contribution in [-0.4, -0.2) is 36.2 Å². The molecular formula is C21H24ClN3S. The van der Waals surface area contributed by atoms with Gasteiger partial charge in [0.25, 0.3) is 0 Å². The van der Waals surface area contributed by atoms with Gasteiger partial charge in [0.05, 0.1) is 0 Å². The fourth-order valence-electron chi connectivity index (χ4n) is 4.20. The summed E-state index contributed by atoms with van der Waals surface area (Å²) in [6.45, 7) is 6.35. The largest absolute Gasteiger partial charge is 0.332 e. The van der Waals surface area contributed by atoms with Gasteiger partial charge in [0.1, 0.15) is 0 Å². The SMILES string of the molecule is Cc1ccc2c(c1)C1CN(C)CCC1N2C(=S)Nc1ccc(C)c(Cl)c1. The zero-order valence-electron chi connectivity index (χ0n) is 15.4. The zero-order valence-corrected chi connectivity index (χ0v) is 17.0. The van der Waals surface area contributed by atoms with Gasteiger partial charge in [-0.05, 0) is 75.4 Å². The molecule has 0 aliphatic carbocycles. The number of anilines is 2. The molecule has 0 radical (unpaired) electrons. The summed E-state index contributed by atoms with van der Waals surface area (Å²) < 4.78 is 0. The molecule has 0 amide bonds. The van der Waals surface area contributed by atoms with E-state index >= 15 is 0 Å². The topological polar surface area (TPSA) is 18.5 Å². The van der Waals surface area contributed by atoms with Gasteiger partial charge in [0.15, 0.2) is 5.11 Å². The summed E-state index contributed by atoms with van der Waals surface area (Å²) in [6.07, 6.45) is 1.12. The number of piperidine rings is 1. The molecule has 136 valence electrons. The Labute approximate surface area is 165 Å². The Bertz CT molecular complexity index is 866. The van der Waals surface area contributed by atoms with Crippen LogP contribution >= 0.6 is 23.8 Å². The average Bonchev–Trinajstić information content (AvgIpc) is 2.91. The first-order chi connectivity index (χ1) is 12.4. The maximum absolute atomic E-state index is 6.28. The molecule has 2 aromatic rings. The summed E-state index contributed by atoms with van der Waals surface area (Å²) in [4.78, 5) is 4.75. The highest BCUT2D eigenvalue weighted by atomic mass is 35.5. The molecule has 2 unspecified atom stereocenters. The number of halogens is 1. The van der Waals surface area contributed by atoms with Crippen molar-refractivity contribution in [1.29, 1.82) is 0 Å². The van der Waals surface area contributed by atoms with E-state index in [-0.39, 0.29) is 0 Å². The molecule has 2 aromatic carbocycles. The first-order valence-electron chi connectivity index (χ1n) is 9.09. The Morgan fingerprint density at radius 2 is 2.00 bits per heavy atom. The number of aryl methyl sites for hydroxylation is 2. The summed E-state index contributed by atoms with van der Waals surface area (Å²) in [5, 5.41) is 4.92. The Hall–Kier alpha value is -1.62. The molecular weight excluding hydrogens is 362 g/mol.